The number of rotatable bonds is 6. The first-order valence-electron chi connectivity index (χ1n) is 5.69. The molecule has 0 saturated heterocycles. The molecule has 5 heteroatoms. The number of carbonyl (C=O) groups excluding carboxylic acids is 1. The van der Waals surface area contributed by atoms with E-state index in [2.05, 4.69) is 10.1 Å². The summed E-state index contributed by atoms with van der Waals surface area (Å²) < 4.78 is 22.7. The molecule has 0 bridgehead atoms. The lowest BCUT2D eigenvalue weighted by Crippen LogP contribution is -2.26. The van der Waals surface area contributed by atoms with Gasteiger partial charge in [-0.1, -0.05) is 0 Å². The summed E-state index contributed by atoms with van der Waals surface area (Å²) in [4.78, 5) is 10.9. The van der Waals surface area contributed by atoms with E-state index in [0.29, 0.717) is 0 Å². The van der Waals surface area contributed by atoms with Gasteiger partial charge in [0.25, 0.3) is 0 Å². The Morgan fingerprint density at radius 2 is 1.94 bits per heavy atom. The topological polar surface area (TPSA) is 47.6 Å². The maximum absolute atomic E-state index is 13.3. The van der Waals surface area contributed by atoms with Crippen molar-refractivity contribution in [2.75, 3.05) is 19.5 Å². The van der Waals surface area contributed by atoms with Gasteiger partial charge in [-0.2, -0.15) is 0 Å². The molecule has 0 fully saturated rings. The van der Waals surface area contributed by atoms with Crippen LogP contribution in [0.5, 0.6) is 5.75 Å². The van der Waals surface area contributed by atoms with Crippen LogP contribution in [0.4, 0.5) is 10.1 Å². The minimum atomic E-state index is -1.60. The minimum absolute atomic E-state index is 0.0682. The number of hydrogen-bond donors (Lipinski definition) is 1. The van der Waals surface area contributed by atoms with Crippen molar-refractivity contribution in [1.82, 2.24) is 0 Å². The molecule has 0 aliphatic rings. The molecular formula is C13H18FNO3. The van der Waals surface area contributed by atoms with E-state index in [0.717, 1.165) is 11.4 Å². The molecule has 2 atom stereocenters. The molecule has 1 aromatic rings. The van der Waals surface area contributed by atoms with E-state index < -0.39 is 12.1 Å². The van der Waals surface area contributed by atoms with Crippen LogP contribution in [0, 0.1) is 0 Å². The fraction of sp³-hybridized carbons (Fsp3) is 0.462. The molecule has 2 unspecified atom stereocenters. The summed E-state index contributed by atoms with van der Waals surface area (Å²) in [7, 11) is 2.77. The van der Waals surface area contributed by atoms with E-state index in [1.54, 1.807) is 14.0 Å². The molecule has 0 aliphatic heterocycles. The van der Waals surface area contributed by atoms with Gasteiger partial charge in [0.1, 0.15) is 5.75 Å². The van der Waals surface area contributed by atoms with Gasteiger partial charge in [-0.15, -0.1) is 0 Å². The van der Waals surface area contributed by atoms with Crippen LogP contribution in [-0.4, -0.2) is 32.4 Å². The quantitative estimate of drug-likeness (QED) is 0.793. The van der Waals surface area contributed by atoms with Gasteiger partial charge in [-0.05, 0) is 31.2 Å². The third kappa shape index (κ3) is 4.24. The molecule has 0 saturated carbocycles. The second-order valence-electron chi connectivity index (χ2n) is 4.00. The van der Waals surface area contributed by atoms with Gasteiger partial charge in [0, 0.05) is 18.2 Å². The van der Waals surface area contributed by atoms with Crippen molar-refractivity contribution in [3.05, 3.63) is 24.3 Å². The fourth-order valence-corrected chi connectivity index (χ4v) is 1.57. The van der Waals surface area contributed by atoms with Gasteiger partial charge in [-0.25, -0.2) is 9.18 Å². The highest BCUT2D eigenvalue weighted by Gasteiger charge is 2.20. The summed E-state index contributed by atoms with van der Waals surface area (Å²) in [5.41, 5.74) is 0.848. The van der Waals surface area contributed by atoms with Crippen LogP contribution >= 0.6 is 0 Å². The van der Waals surface area contributed by atoms with Crippen molar-refractivity contribution in [1.29, 1.82) is 0 Å². The van der Waals surface area contributed by atoms with Gasteiger partial charge in [-0.3, -0.25) is 0 Å². The summed E-state index contributed by atoms with van der Waals surface area (Å²) in [6.45, 7) is 1.81. The van der Waals surface area contributed by atoms with E-state index in [1.807, 2.05) is 24.3 Å². The van der Waals surface area contributed by atoms with Crippen LogP contribution in [0.2, 0.25) is 0 Å². The number of hydrogen-bond acceptors (Lipinski definition) is 4. The van der Waals surface area contributed by atoms with Gasteiger partial charge >= 0.3 is 5.97 Å². The lowest BCUT2D eigenvalue weighted by Gasteiger charge is -2.16. The lowest BCUT2D eigenvalue weighted by molar-refractivity contribution is -0.146. The monoisotopic (exact) mass is 255 g/mol. The number of esters is 1. The third-order valence-electron chi connectivity index (χ3n) is 2.52. The Bertz CT molecular complexity index is 380. The first-order valence-corrected chi connectivity index (χ1v) is 5.69. The summed E-state index contributed by atoms with van der Waals surface area (Å²) >= 11 is 0. The van der Waals surface area contributed by atoms with Crippen LogP contribution in [-0.2, 0) is 9.53 Å². The summed E-state index contributed by atoms with van der Waals surface area (Å²) in [6, 6.07) is 7.11. The first kappa shape index (κ1) is 14.3. The summed E-state index contributed by atoms with van der Waals surface area (Å²) in [5, 5.41) is 3.10. The average molecular weight is 255 g/mol. The van der Waals surface area contributed by atoms with Crippen molar-refractivity contribution in [3.63, 3.8) is 0 Å². The maximum atomic E-state index is 13.3. The van der Waals surface area contributed by atoms with Gasteiger partial charge in [0.15, 0.2) is 6.17 Å². The lowest BCUT2D eigenvalue weighted by atomic mass is 10.1. The second-order valence-corrected chi connectivity index (χ2v) is 4.00. The van der Waals surface area contributed by atoms with Gasteiger partial charge in [0.2, 0.25) is 0 Å². The van der Waals surface area contributed by atoms with Crippen molar-refractivity contribution < 1.29 is 18.7 Å². The molecule has 4 nitrogen and oxygen atoms in total. The Morgan fingerprint density at radius 1 is 1.33 bits per heavy atom. The predicted molar refractivity (Wildman–Crippen MR) is 67.6 cm³/mol. The number of alkyl halides is 1. The predicted octanol–water partition coefficient (Wildman–Crippen LogP) is 2.40. The van der Waals surface area contributed by atoms with Crippen LogP contribution in [0.3, 0.4) is 0 Å². The molecule has 1 N–H and O–H groups in total. The number of benzene rings is 1. The highest BCUT2D eigenvalue weighted by Crippen LogP contribution is 2.17. The number of halogens is 1. The van der Waals surface area contributed by atoms with Crippen LogP contribution in [0.25, 0.3) is 0 Å². The SMILES string of the molecule is COC(=O)C(F)CC(C)Nc1ccc(OC)cc1. The van der Waals surface area contributed by atoms with Crippen LogP contribution in [0.1, 0.15) is 13.3 Å². The molecular weight excluding hydrogens is 237 g/mol. The van der Waals surface area contributed by atoms with Crippen LogP contribution < -0.4 is 10.1 Å². The molecule has 100 valence electrons. The first-order chi connectivity index (χ1) is 8.56. The number of methoxy groups -OCH3 is 2. The van der Waals surface area contributed by atoms with E-state index in [-0.39, 0.29) is 12.5 Å². The largest absolute Gasteiger partial charge is 0.497 e. The molecule has 0 spiro atoms. The number of ether oxygens (including phenoxy) is 2. The number of anilines is 1. The number of carbonyl (C=O) groups is 1. The Morgan fingerprint density at radius 3 is 2.44 bits per heavy atom. The van der Waals surface area contributed by atoms with E-state index >= 15 is 0 Å². The maximum Gasteiger partial charge on any atom is 0.340 e. The minimum Gasteiger partial charge on any atom is -0.497 e. The molecule has 0 heterocycles. The molecule has 0 aromatic heterocycles. The van der Waals surface area contributed by atoms with Crippen molar-refractivity contribution in [2.24, 2.45) is 0 Å². The van der Waals surface area contributed by atoms with E-state index in [4.69, 9.17) is 4.74 Å². The van der Waals surface area contributed by atoms with Crippen molar-refractivity contribution in [3.8, 4) is 5.75 Å². The van der Waals surface area contributed by atoms with Gasteiger partial charge < -0.3 is 14.8 Å². The zero-order valence-electron chi connectivity index (χ0n) is 10.8. The van der Waals surface area contributed by atoms with Crippen molar-refractivity contribution >= 4 is 11.7 Å². The second kappa shape index (κ2) is 6.83. The highest BCUT2D eigenvalue weighted by molar-refractivity contribution is 5.74. The molecule has 18 heavy (non-hydrogen) atoms. The molecule has 0 aliphatic carbocycles. The Labute approximate surface area is 106 Å². The fourth-order valence-electron chi connectivity index (χ4n) is 1.57. The Hall–Kier alpha value is -1.78. The molecule has 0 amide bonds. The Balaban J connectivity index is 2.48. The summed E-state index contributed by atoms with van der Waals surface area (Å²) in [5.74, 6) is -0.0792. The molecule has 1 rings (SSSR count). The third-order valence-corrected chi connectivity index (χ3v) is 2.52. The van der Waals surface area contributed by atoms with E-state index in [1.165, 1.54) is 7.11 Å². The van der Waals surface area contributed by atoms with Crippen LogP contribution in [0.15, 0.2) is 24.3 Å². The summed E-state index contributed by atoms with van der Waals surface area (Å²) in [6.07, 6.45) is -1.53. The van der Waals surface area contributed by atoms with E-state index in [9.17, 15) is 9.18 Å². The highest BCUT2D eigenvalue weighted by atomic mass is 19.1. The smallest absolute Gasteiger partial charge is 0.340 e. The standard InChI is InChI=1S/C13H18FNO3/c1-9(8-12(14)13(16)18-3)15-10-4-6-11(17-2)7-5-10/h4-7,9,12,15H,8H2,1-3H3. The molecule has 1 aromatic carbocycles. The zero-order chi connectivity index (χ0) is 13.5. The number of nitrogens with one attached hydrogen (secondary N) is 1. The van der Waals surface area contributed by atoms with Crippen molar-refractivity contribution in [2.45, 2.75) is 25.6 Å². The molecule has 0 radical (unpaired) electrons. The van der Waals surface area contributed by atoms with Gasteiger partial charge in [0.05, 0.1) is 14.2 Å². The normalized spacial score (nSPS) is 13.6. The zero-order valence-corrected chi connectivity index (χ0v) is 10.8. The average Bonchev–Trinajstić information content (AvgIpc) is 2.38. The Kier molecular flexibility index (Phi) is 5.42.